The van der Waals surface area contributed by atoms with Gasteiger partial charge in [0.25, 0.3) is 0 Å². The van der Waals surface area contributed by atoms with E-state index in [-0.39, 0.29) is 18.0 Å². The highest BCUT2D eigenvalue weighted by molar-refractivity contribution is 6.00. The first kappa shape index (κ1) is 21.5. The van der Waals surface area contributed by atoms with Crippen LogP contribution in [0.4, 0.5) is 5.95 Å². The molecule has 3 heterocycles. The Balaban J connectivity index is 1.50. The molecule has 0 radical (unpaired) electrons. The number of anilines is 1. The molecule has 1 atom stereocenters. The summed E-state index contributed by atoms with van der Waals surface area (Å²) in [4.78, 5) is 18.3. The minimum absolute atomic E-state index is 0.111. The van der Waals surface area contributed by atoms with E-state index >= 15 is 0 Å². The summed E-state index contributed by atoms with van der Waals surface area (Å²) >= 11 is 0. The van der Waals surface area contributed by atoms with Crippen molar-refractivity contribution in [3.8, 4) is 34.4 Å². The number of fused-ring (bicyclic) bond motifs is 2. The van der Waals surface area contributed by atoms with Crippen LogP contribution in [0.2, 0.25) is 0 Å². The van der Waals surface area contributed by atoms with Crippen molar-refractivity contribution in [3.05, 3.63) is 53.2 Å². The van der Waals surface area contributed by atoms with E-state index in [9.17, 15) is 4.79 Å². The van der Waals surface area contributed by atoms with Gasteiger partial charge in [-0.15, -0.1) is 5.10 Å². The highest BCUT2D eigenvalue weighted by Crippen LogP contribution is 2.47. The van der Waals surface area contributed by atoms with Gasteiger partial charge in [-0.05, 0) is 47.7 Å². The molecule has 6 rings (SSSR count). The second-order valence-electron chi connectivity index (χ2n) is 9.75. The van der Waals surface area contributed by atoms with Crippen LogP contribution in [0.3, 0.4) is 0 Å². The van der Waals surface area contributed by atoms with Gasteiger partial charge < -0.3 is 24.3 Å². The number of benzene rings is 2. The SMILES string of the molecule is COc1ccc(-c2nc3n(n2)C(c2ccc4c(c2)OCO4)C2=C(CC(C)(C)CC2=O)N3)cc1OC. The predicted molar refractivity (Wildman–Crippen MR) is 128 cm³/mol. The van der Waals surface area contributed by atoms with E-state index in [0.29, 0.717) is 41.2 Å². The second-order valence-corrected chi connectivity index (χ2v) is 9.75. The maximum Gasteiger partial charge on any atom is 0.231 e. The van der Waals surface area contributed by atoms with E-state index in [4.69, 9.17) is 29.0 Å². The molecular weight excluding hydrogens is 448 g/mol. The van der Waals surface area contributed by atoms with Gasteiger partial charge in [-0.1, -0.05) is 19.9 Å². The molecule has 2 aliphatic heterocycles. The quantitative estimate of drug-likeness (QED) is 0.596. The maximum atomic E-state index is 13.5. The normalized spacial score (nSPS) is 19.7. The highest BCUT2D eigenvalue weighted by atomic mass is 16.7. The van der Waals surface area contributed by atoms with E-state index < -0.39 is 6.04 Å². The summed E-state index contributed by atoms with van der Waals surface area (Å²) in [6, 6.07) is 10.9. The summed E-state index contributed by atoms with van der Waals surface area (Å²) in [5, 5.41) is 8.27. The number of ketones is 1. The Morgan fingerprint density at radius 2 is 1.83 bits per heavy atom. The lowest BCUT2D eigenvalue weighted by Gasteiger charge is -2.38. The van der Waals surface area contributed by atoms with Gasteiger partial charge in [0, 0.05) is 23.3 Å². The molecule has 3 aliphatic rings. The zero-order chi connectivity index (χ0) is 24.3. The lowest BCUT2D eigenvalue weighted by Crippen LogP contribution is -2.36. The number of hydrogen-bond acceptors (Lipinski definition) is 8. The van der Waals surface area contributed by atoms with Gasteiger partial charge in [0.05, 0.1) is 14.2 Å². The zero-order valence-corrected chi connectivity index (χ0v) is 20.0. The average molecular weight is 475 g/mol. The number of methoxy groups -OCH3 is 2. The van der Waals surface area contributed by atoms with E-state index in [1.165, 1.54) is 0 Å². The molecule has 1 N–H and O–H groups in total. The molecule has 0 bridgehead atoms. The minimum Gasteiger partial charge on any atom is -0.493 e. The second kappa shape index (κ2) is 7.76. The average Bonchev–Trinajstić information content (AvgIpc) is 3.47. The standard InChI is InChI=1S/C26H26N4O5/c1-26(2)11-16-22(17(31)12-26)23(14-5-8-19-21(9-14)35-13-34-19)30-25(27-16)28-24(29-30)15-6-7-18(32-3)20(10-15)33-4/h5-10,23H,11-13H2,1-4H3,(H,27,28,29). The highest BCUT2D eigenvalue weighted by Gasteiger charge is 2.42. The number of carbonyl (C=O) groups is 1. The molecular formula is C26H26N4O5. The van der Waals surface area contributed by atoms with E-state index in [0.717, 1.165) is 28.8 Å². The summed E-state index contributed by atoms with van der Waals surface area (Å²) in [7, 11) is 3.19. The van der Waals surface area contributed by atoms with E-state index in [1.54, 1.807) is 18.9 Å². The Bertz CT molecular complexity index is 1390. The fourth-order valence-electron chi connectivity index (χ4n) is 5.10. The molecule has 1 aromatic heterocycles. The molecule has 2 aromatic carbocycles. The van der Waals surface area contributed by atoms with Gasteiger partial charge in [-0.3, -0.25) is 4.79 Å². The molecule has 0 saturated heterocycles. The van der Waals surface area contributed by atoms with Crippen LogP contribution in [0.1, 0.15) is 38.3 Å². The van der Waals surface area contributed by atoms with Crippen molar-refractivity contribution >= 4 is 11.7 Å². The van der Waals surface area contributed by atoms with Crippen LogP contribution in [-0.2, 0) is 4.79 Å². The number of ether oxygens (including phenoxy) is 4. The van der Waals surface area contributed by atoms with Gasteiger partial charge in [-0.25, -0.2) is 4.68 Å². The van der Waals surface area contributed by atoms with Gasteiger partial charge in [0.1, 0.15) is 6.04 Å². The monoisotopic (exact) mass is 474 g/mol. The predicted octanol–water partition coefficient (Wildman–Crippen LogP) is 4.35. The lowest BCUT2D eigenvalue weighted by atomic mass is 9.73. The third kappa shape index (κ3) is 3.50. The first-order valence-corrected chi connectivity index (χ1v) is 11.5. The van der Waals surface area contributed by atoms with Gasteiger partial charge in [-0.2, -0.15) is 4.98 Å². The molecule has 0 saturated carbocycles. The molecule has 0 spiro atoms. The number of hydrogen-bond donors (Lipinski definition) is 1. The maximum absolute atomic E-state index is 13.5. The van der Waals surface area contributed by atoms with Gasteiger partial charge >= 0.3 is 0 Å². The van der Waals surface area contributed by atoms with Crippen LogP contribution in [0.5, 0.6) is 23.0 Å². The van der Waals surface area contributed by atoms with Crippen LogP contribution in [0, 0.1) is 5.41 Å². The van der Waals surface area contributed by atoms with Crippen LogP contribution in [0.15, 0.2) is 47.7 Å². The number of allylic oxidation sites excluding steroid dienone is 2. The van der Waals surface area contributed by atoms with Crippen LogP contribution in [-0.4, -0.2) is 41.6 Å². The largest absolute Gasteiger partial charge is 0.493 e. The van der Waals surface area contributed by atoms with E-state index in [1.807, 2.05) is 36.4 Å². The van der Waals surface area contributed by atoms with Crippen molar-refractivity contribution < 1.29 is 23.7 Å². The summed E-state index contributed by atoms with van der Waals surface area (Å²) in [6.45, 7) is 4.41. The molecule has 1 aliphatic carbocycles. The Kier molecular flexibility index (Phi) is 4.77. The Morgan fingerprint density at radius 1 is 1.03 bits per heavy atom. The molecule has 0 fully saturated rings. The summed E-state index contributed by atoms with van der Waals surface area (Å²) in [6.07, 6.45) is 1.22. The van der Waals surface area contributed by atoms with Crippen molar-refractivity contribution in [1.82, 2.24) is 14.8 Å². The van der Waals surface area contributed by atoms with Crippen LogP contribution >= 0.6 is 0 Å². The number of carbonyl (C=O) groups excluding carboxylic acids is 1. The molecule has 180 valence electrons. The van der Waals surface area contributed by atoms with Crippen molar-refractivity contribution in [1.29, 1.82) is 0 Å². The Labute approximate surface area is 202 Å². The molecule has 9 heteroatoms. The van der Waals surface area contributed by atoms with Gasteiger partial charge in [0.15, 0.2) is 34.6 Å². The number of nitrogens with one attached hydrogen (secondary N) is 1. The third-order valence-electron chi connectivity index (χ3n) is 6.69. The summed E-state index contributed by atoms with van der Waals surface area (Å²) in [5.41, 5.74) is 3.14. The van der Waals surface area contributed by atoms with Crippen molar-refractivity contribution in [3.63, 3.8) is 0 Å². The fourth-order valence-corrected chi connectivity index (χ4v) is 5.10. The first-order valence-electron chi connectivity index (χ1n) is 11.5. The summed E-state index contributed by atoms with van der Waals surface area (Å²) in [5.74, 6) is 3.79. The fraction of sp³-hybridized carbons (Fsp3) is 0.346. The number of aromatic nitrogens is 3. The number of Topliss-reactive ketones (excluding diaryl/α,β-unsaturated/α-hetero) is 1. The molecule has 9 nitrogen and oxygen atoms in total. The zero-order valence-electron chi connectivity index (χ0n) is 20.0. The summed E-state index contributed by atoms with van der Waals surface area (Å²) < 4.78 is 23.7. The van der Waals surface area contributed by atoms with E-state index in [2.05, 4.69) is 19.2 Å². The van der Waals surface area contributed by atoms with Gasteiger partial charge in [0.2, 0.25) is 12.7 Å². The van der Waals surface area contributed by atoms with Crippen molar-refractivity contribution in [2.24, 2.45) is 5.41 Å². The molecule has 0 amide bonds. The minimum atomic E-state index is -0.430. The number of nitrogens with zero attached hydrogens (tertiary/aromatic N) is 3. The molecule has 35 heavy (non-hydrogen) atoms. The molecule has 3 aromatic rings. The number of rotatable bonds is 4. The van der Waals surface area contributed by atoms with Crippen molar-refractivity contribution in [2.75, 3.05) is 26.3 Å². The molecule has 1 unspecified atom stereocenters. The third-order valence-corrected chi connectivity index (χ3v) is 6.69. The van der Waals surface area contributed by atoms with Crippen LogP contribution < -0.4 is 24.3 Å². The van der Waals surface area contributed by atoms with Crippen LogP contribution in [0.25, 0.3) is 11.4 Å². The van der Waals surface area contributed by atoms with Crippen molar-refractivity contribution in [2.45, 2.75) is 32.7 Å². The first-order chi connectivity index (χ1) is 16.9. The topological polar surface area (TPSA) is 96.7 Å². The lowest BCUT2D eigenvalue weighted by molar-refractivity contribution is -0.118. The smallest absolute Gasteiger partial charge is 0.231 e. The Hall–Kier alpha value is -4.01. The Morgan fingerprint density at radius 3 is 2.63 bits per heavy atom.